The highest BCUT2D eigenvalue weighted by Crippen LogP contribution is 2.35. The maximum Gasteiger partial charge on any atom is 0.311 e. The number of imide groups is 1. The summed E-state index contributed by atoms with van der Waals surface area (Å²) in [6.45, 7) is 11.8. The third kappa shape index (κ3) is 4.55. The van der Waals surface area contributed by atoms with E-state index in [2.05, 4.69) is 0 Å². The Hall–Kier alpha value is -1.39. The minimum absolute atomic E-state index is 0.102. The summed E-state index contributed by atoms with van der Waals surface area (Å²) >= 11 is 0. The zero-order valence-electron chi connectivity index (χ0n) is 14.0. The topological polar surface area (TPSA) is 63.7 Å². The molecule has 1 atom stereocenters. The first-order valence-corrected chi connectivity index (χ1v) is 7.46. The number of amides is 2. The van der Waals surface area contributed by atoms with E-state index >= 15 is 0 Å². The van der Waals surface area contributed by atoms with E-state index in [1.807, 2.05) is 20.8 Å². The molecule has 1 rings (SSSR count). The van der Waals surface area contributed by atoms with E-state index < -0.39 is 5.41 Å². The van der Waals surface area contributed by atoms with Crippen LogP contribution in [0.1, 0.15) is 54.4 Å². The Bertz CT molecular complexity index is 429. The number of rotatable bonds is 4. The van der Waals surface area contributed by atoms with E-state index in [0.717, 1.165) is 0 Å². The van der Waals surface area contributed by atoms with Crippen molar-refractivity contribution in [3.8, 4) is 0 Å². The first-order valence-electron chi connectivity index (χ1n) is 7.46. The third-order valence-electron chi connectivity index (χ3n) is 3.66. The van der Waals surface area contributed by atoms with Crippen molar-refractivity contribution in [2.24, 2.45) is 16.7 Å². The van der Waals surface area contributed by atoms with Gasteiger partial charge in [0.1, 0.15) is 0 Å². The molecule has 0 N–H and O–H groups in total. The van der Waals surface area contributed by atoms with Crippen LogP contribution in [0.5, 0.6) is 0 Å². The number of hydrogen-bond donors (Lipinski definition) is 0. The lowest BCUT2D eigenvalue weighted by Crippen LogP contribution is -2.35. The smallest absolute Gasteiger partial charge is 0.311 e. The monoisotopic (exact) mass is 297 g/mol. The molecule has 1 aliphatic heterocycles. The molecule has 1 fully saturated rings. The maximum atomic E-state index is 12.2. The number of ether oxygens (including phenoxy) is 1. The molecular formula is C16H27NO4. The molecule has 21 heavy (non-hydrogen) atoms. The van der Waals surface area contributed by atoms with E-state index in [0.29, 0.717) is 13.0 Å². The van der Waals surface area contributed by atoms with Gasteiger partial charge in [0.2, 0.25) is 11.8 Å². The van der Waals surface area contributed by atoms with Crippen molar-refractivity contribution < 1.29 is 19.1 Å². The molecule has 120 valence electrons. The molecule has 1 unspecified atom stereocenters. The lowest BCUT2D eigenvalue weighted by atomic mass is 9.80. The Labute approximate surface area is 127 Å². The van der Waals surface area contributed by atoms with Crippen LogP contribution in [0.3, 0.4) is 0 Å². The number of nitrogens with zero attached hydrogens (tertiary/aromatic N) is 1. The molecule has 2 amide bonds. The van der Waals surface area contributed by atoms with E-state index in [4.69, 9.17) is 4.74 Å². The van der Waals surface area contributed by atoms with Gasteiger partial charge in [-0.05, 0) is 32.6 Å². The fourth-order valence-electron chi connectivity index (χ4n) is 2.20. The van der Waals surface area contributed by atoms with Crippen molar-refractivity contribution >= 4 is 17.8 Å². The maximum absolute atomic E-state index is 12.2. The molecule has 0 aromatic carbocycles. The van der Waals surface area contributed by atoms with E-state index in [1.54, 1.807) is 20.8 Å². The van der Waals surface area contributed by atoms with Crippen molar-refractivity contribution in [1.82, 2.24) is 4.90 Å². The average molecular weight is 297 g/mol. The highest BCUT2D eigenvalue weighted by atomic mass is 16.5. The number of carbonyl (C=O) groups excluding carboxylic acids is 3. The molecule has 1 saturated heterocycles. The second-order valence-corrected chi connectivity index (χ2v) is 7.75. The molecule has 5 nitrogen and oxygen atoms in total. The van der Waals surface area contributed by atoms with Gasteiger partial charge in [0, 0.05) is 13.0 Å². The largest absolute Gasteiger partial charge is 0.465 e. The Morgan fingerprint density at radius 3 is 2.19 bits per heavy atom. The van der Waals surface area contributed by atoms with Gasteiger partial charge in [-0.25, -0.2) is 0 Å². The molecular weight excluding hydrogens is 270 g/mol. The minimum Gasteiger partial charge on any atom is -0.465 e. The summed E-state index contributed by atoms with van der Waals surface area (Å²) in [5.74, 6) is -0.743. The standard InChI is InChI=1S/C16H27NO4/c1-15(2,3)11-10-12(18)17(13(11)19)8-7-9-21-14(20)16(4,5)6/h11H,7-10H2,1-6H3. The Morgan fingerprint density at radius 1 is 1.19 bits per heavy atom. The third-order valence-corrected chi connectivity index (χ3v) is 3.66. The summed E-state index contributed by atoms with van der Waals surface area (Å²) in [4.78, 5) is 37.1. The summed E-state index contributed by atoms with van der Waals surface area (Å²) in [5.41, 5.74) is -0.739. The lowest BCUT2D eigenvalue weighted by molar-refractivity contribution is -0.153. The van der Waals surface area contributed by atoms with Crippen LogP contribution in [-0.2, 0) is 19.1 Å². The SMILES string of the molecule is CC(C)(C)C(=O)OCCCN1C(=O)CC(C(C)(C)C)C1=O. The normalized spacial score (nSPS) is 20.1. The second kappa shape index (κ2) is 6.16. The predicted molar refractivity (Wildman–Crippen MR) is 79.3 cm³/mol. The van der Waals surface area contributed by atoms with Crippen LogP contribution in [0.2, 0.25) is 0 Å². The van der Waals surface area contributed by atoms with E-state index in [1.165, 1.54) is 4.90 Å². The van der Waals surface area contributed by atoms with Crippen molar-refractivity contribution in [3.05, 3.63) is 0 Å². The molecule has 0 aliphatic carbocycles. The van der Waals surface area contributed by atoms with Crippen molar-refractivity contribution in [2.75, 3.05) is 13.2 Å². The molecule has 1 heterocycles. The van der Waals surface area contributed by atoms with Crippen LogP contribution in [0.25, 0.3) is 0 Å². The molecule has 0 spiro atoms. The van der Waals surface area contributed by atoms with Crippen LogP contribution >= 0.6 is 0 Å². The minimum atomic E-state index is -0.531. The van der Waals surface area contributed by atoms with Crippen LogP contribution in [0.15, 0.2) is 0 Å². The molecule has 5 heteroatoms. The highest BCUT2D eigenvalue weighted by molar-refractivity contribution is 6.03. The van der Waals surface area contributed by atoms with Crippen molar-refractivity contribution in [2.45, 2.75) is 54.4 Å². The molecule has 1 aliphatic rings. The van der Waals surface area contributed by atoms with Gasteiger partial charge >= 0.3 is 5.97 Å². The Kier molecular flexibility index (Phi) is 5.18. The van der Waals surface area contributed by atoms with E-state index in [-0.39, 0.29) is 42.1 Å². The number of likely N-dealkylation sites (tertiary alicyclic amines) is 1. The van der Waals surface area contributed by atoms with Gasteiger partial charge in [-0.1, -0.05) is 20.8 Å². The number of esters is 1. The van der Waals surface area contributed by atoms with Gasteiger partial charge in [-0.3, -0.25) is 19.3 Å². The average Bonchev–Trinajstić information content (AvgIpc) is 2.59. The second-order valence-electron chi connectivity index (χ2n) is 7.75. The van der Waals surface area contributed by atoms with Crippen LogP contribution in [-0.4, -0.2) is 35.8 Å². The van der Waals surface area contributed by atoms with Crippen molar-refractivity contribution in [3.63, 3.8) is 0 Å². The zero-order chi connectivity index (χ0) is 16.4. The predicted octanol–water partition coefficient (Wildman–Crippen LogP) is 2.39. The van der Waals surface area contributed by atoms with Gasteiger partial charge in [-0.15, -0.1) is 0 Å². The quantitative estimate of drug-likeness (QED) is 0.454. The van der Waals surface area contributed by atoms with Crippen LogP contribution in [0, 0.1) is 16.7 Å². The van der Waals surface area contributed by atoms with Crippen molar-refractivity contribution in [1.29, 1.82) is 0 Å². The Balaban J connectivity index is 2.45. The summed E-state index contributed by atoms with van der Waals surface area (Å²) in [7, 11) is 0. The van der Waals surface area contributed by atoms with Gasteiger partial charge in [-0.2, -0.15) is 0 Å². The van der Waals surface area contributed by atoms with Gasteiger partial charge < -0.3 is 4.74 Å². The lowest BCUT2D eigenvalue weighted by Gasteiger charge is -2.24. The molecule has 0 bridgehead atoms. The van der Waals surface area contributed by atoms with Crippen LogP contribution < -0.4 is 0 Å². The fraction of sp³-hybridized carbons (Fsp3) is 0.812. The summed E-state index contributed by atoms with van der Waals surface area (Å²) in [6, 6.07) is 0. The fourth-order valence-corrected chi connectivity index (χ4v) is 2.20. The summed E-state index contributed by atoms with van der Waals surface area (Å²) < 4.78 is 5.14. The van der Waals surface area contributed by atoms with Gasteiger partial charge in [0.25, 0.3) is 0 Å². The zero-order valence-corrected chi connectivity index (χ0v) is 14.0. The Morgan fingerprint density at radius 2 is 1.76 bits per heavy atom. The van der Waals surface area contributed by atoms with Crippen LogP contribution in [0.4, 0.5) is 0 Å². The van der Waals surface area contributed by atoms with Gasteiger partial charge in [0.15, 0.2) is 0 Å². The first kappa shape index (κ1) is 17.7. The van der Waals surface area contributed by atoms with E-state index in [9.17, 15) is 14.4 Å². The summed E-state index contributed by atoms with van der Waals surface area (Å²) in [6.07, 6.45) is 0.764. The highest BCUT2D eigenvalue weighted by Gasteiger charge is 2.44. The van der Waals surface area contributed by atoms with Gasteiger partial charge in [0.05, 0.1) is 17.9 Å². The molecule has 0 radical (unpaired) electrons. The first-order chi connectivity index (χ1) is 9.44. The summed E-state index contributed by atoms with van der Waals surface area (Å²) in [5, 5.41) is 0. The number of carbonyl (C=O) groups is 3. The molecule has 0 aromatic rings. The molecule has 0 saturated carbocycles. The molecule has 0 aromatic heterocycles. The number of hydrogen-bond acceptors (Lipinski definition) is 4.